The first-order chi connectivity index (χ1) is 9.69. The van der Waals surface area contributed by atoms with Crippen LogP contribution < -0.4 is 0 Å². The van der Waals surface area contributed by atoms with Gasteiger partial charge in [0.15, 0.2) is 5.82 Å². The zero-order valence-corrected chi connectivity index (χ0v) is 13.6. The number of alkyl halides is 1. The second-order valence-corrected chi connectivity index (χ2v) is 8.25. The molecule has 3 nitrogen and oxygen atoms in total. The predicted octanol–water partition coefficient (Wildman–Crippen LogP) is 3.51. The summed E-state index contributed by atoms with van der Waals surface area (Å²) < 4.78 is 54.2. The molecule has 0 atom stereocenters. The average molecular weight is 338 g/mol. The minimum absolute atomic E-state index is 0.156. The summed E-state index contributed by atoms with van der Waals surface area (Å²) in [5, 5.41) is 0. The lowest BCUT2D eigenvalue weighted by Gasteiger charge is -2.37. The second kappa shape index (κ2) is 5.82. The third kappa shape index (κ3) is 3.22. The molecule has 1 aliphatic rings. The molecule has 0 spiro atoms. The van der Waals surface area contributed by atoms with Crippen LogP contribution in [0.5, 0.6) is 0 Å². The van der Waals surface area contributed by atoms with Crippen molar-refractivity contribution in [2.75, 3.05) is 13.1 Å². The van der Waals surface area contributed by atoms with Crippen molar-refractivity contribution in [1.82, 2.24) is 4.31 Å². The molecule has 0 bridgehead atoms. The molecule has 1 saturated heterocycles. The van der Waals surface area contributed by atoms with Gasteiger partial charge in [0.25, 0.3) is 0 Å². The molecule has 7 heteroatoms. The van der Waals surface area contributed by atoms with Gasteiger partial charge in [0.2, 0.25) is 10.0 Å². The third-order valence-electron chi connectivity index (χ3n) is 3.77. The van der Waals surface area contributed by atoms with Crippen molar-refractivity contribution < 1.29 is 17.2 Å². The first kappa shape index (κ1) is 16.6. The van der Waals surface area contributed by atoms with Crippen LogP contribution in [0.15, 0.2) is 17.0 Å². The molecule has 1 aromatic rings. The van der Waals surface area contributed by atoms with Gasteiger partial charge in [-0.1, -0.05) is 13.8 Å². The Morgan fingerprint density at radius 3 is 2.57 bits per heavy atom. The van der Waals surface area contributed by atoms with Crippen LogP contribution in [0.1, 0.15) is 32.3 Å². The van der Waals surface area contributed by atoms with Gasteiger partial charge in [0.05, 0.1) is 5.88 Å². The number of nitrogens with zero attached hydrogens (tertiary/aromatic N) is 1. The van der Waals surface area contributed by atoms with E-state index >= 15 is 0 Å². The van der Waals surface area contributed by atoms with Crippen molar-refractivity contribution in [2.24, 2.45) is 5.41 Å². The van der Waals surface area contributed by atoms with E-state index in [1.807, 2.05) is 13.8 Å². The van der Waals surface area contributed by atoms with Gasteiger partial charge in [-0.2, -0.15) is 4.31 Å². The second-order valence-electron chi connectivity index (χ2n) is 6.08. The van der Waals surface area contributed by atoms with Crippen LogP contribution in [0, 0.1) is 17.0 Å². The van der Waals surface area contributed by atoms with Crippen LogP contribution in [0.4, 0.5) is 8.78 Å². The number of rotatable bonds is 3. The summed E-state index contributed by atoms with van der Waals surface area (Å²) in [5.74, 6) is -2.33. The van der Waals surface area contributed by atoms with Gasteiger partial charge >= 0.3 is 0 Å². The van der Waals surface area contributed by atoms with Gasteiger partial charge < -0.3 is 0 Å². The number of sulfonamides is 1. The molecule has 118 valence electrons. The summed E-state index contributed by atoms with van der Waals surface area (Å²) in [6.45, 7) is 4.61. The number of hydrogen-bond donors (Lipinski definition) is 0. The highest BCUT2D eigenvalue weighted by Gasteiger charge is 2.36. The molecule has 0 saturated carbocycles. The van der Waals surface area contributed by atoms with E-state index in [4.69, 9.17) is 11.6 Å². The van der Waals surface area contributed by atoms with Crippen molar-refractivity contribution in [1.29, 1.82) is 0 Å². The molecular weight excluding hydrogens is 320 g/mol. The van der Waals surface area contributed by atoms with Crippen LogP contribution in [-0.4, -0.2) is 25.8 Å². The van der Waals surface area contributed by atoms with Crippen molar-refractivity contribution in [2.45, 2.75) is 37.5 Å². The van der Waals surface area contributed by atoms with Gasteiger partial charge in [-0.15, -0.1) is 11.6 Å². The normalized spacial score (nSPS) is 19.7. The topological polar surface area (TPSA) is 37.4 Å². The zero-order valence-electron chi connectivity index (χ0n) is 12.0. The van der Waals surface area contributed by atoms with E-state index in [-0.39, 0.29) is 5.41 Å². The molecule has 1 heterocycles. The van der Waals surface area contributed by atoms with Crippen LogP contribution in [0.25, 0.3) is 0 Å². The summed E-state index contributed by atoms with van der Waals surface area (Å²) in [4.78, 5) is -0.503. The highest BCUT2D eigenvalue weighted by molar-refractivity contribution is 7.89. The minimum Gasteiger partial charge on any atom is -0.207 e. The summed E-state index contributed by atoms with van der Waals surface area (Å²) in [7, 11) is -3.98. The van der Waals surface area contributed by atoms with Crippen LogP contribution in [0.2, 0.25) is 0 Å². The Hall–Kier alpha value is -0.720. The van der Waals surface area contributed by atoms with Gasteiger partial charge in [-0.25, -0.2) is 17.2 Å². The lowest BCUT2D eigenvalue weighted by atomic mass is 9.85. The van der Waals surface area contributed by atoms with E-state index in [1.54, 1.807) is 0 Å². The maximum absolute atomic E-state index is 14.2. The molecule has 21 heavy (non-hydrogen) atoms. The minimum atomic E-state index is -3.98. The maximum atomic E-state index is 14.2. The monoisotopic (exact) mass is 337 g/mol. The smallest absolute Gasteiger partial charge is 0.207 e. The number of hydrogen-bond acceptors (Lipinski definition) is 2. The Labute approximate surface area is 129 Å². The average Bonchev–Trinajstić information content (AvgIpc) is 2.37. The molecule has 1 fully saturated rings. The summed E-state index contributed by atoms with van der Waals surface area (Å²) in [6.07, 6.45) is 1.63. The molecule has 0 aromatic heterocycles. The first-order valence-corrected chi connectivity index (χ1v) is 8.69. The number of piperidine rings is 1. The fourth-order valence-electron chi connectivity index (χ4n) is 2.61. The van der Waals surface area contributed by atoms with Crippen molar-refractivity contribution in [3.8, 4) is 0 Å². The van der Waals surface area contributed by atoms with Crippen LogP contribution in [-0.2, 0) is 15.9 Å². The van der Waals surface area contributed by atoms with Crippen LogP contribution in [0.3, 0.4) is 0 Å². The number of benzene rings is 1. The van der Waals surface area contributed by atoms with E-state index in [0.717, 1.165) is 25.0 Å². The van der Waals surface area contributed by atoms with E-state index in [9.17, 15) is 17.2 Å². The molecule has 0 N–H and O–H groups in total. The fraction of sp³-hybridized carbons (Fsp3) is 0.571. The molecule has 0 aliphatic carbocycles. The highest BCUT2D eigenvalue weighted by atomic mass is 35.5. The molecule has 2 rings (SSSR count). The molecule has 1 aromatic carbocycles. The molecular formula is C14H18ClF2NO2S. The SMILES string of the molecule is CC1(C)CCCN(S(=O)(=O)c2ccc(F)c(CCl)c2F)C1. The van der Waals surface area contributed by atoms with Crippen molar-refractivity contribution >= 4 is 21.6 Å². The lowest BCUT2D eigenvalue weighted by Crippen LogP contribution is -2.43. The maximum Gasteiger partial charge on any atom is 0.246 e. The summed E-state index contributed by atoms with van der Waals surface area (Å²) in [6, 6.07) is 1.92. The lowest BCUT2D eigenvalue weighted by molar-refractivity contribution is 0.186. The number of halogens is 3. The Bertz CT molecular complexity index is 647. The van der Waals surface area contributed by atoms with E-state index < -0.39 is 38.0 Å². The Balaban J connectivity index is 2.45. The standard InChI is InChI=1S/C14H18ClF2NO2S/c1-14(2)6-3-7-18(9-14)21(19,20)12-5-4-11(16)10(8-15)13(12)17/h4-5H,3,6-9H2,1-2H3. The van der Waals surface area contributed by atoms with Gasteiger partial charge in [0, 0.05) is 18.7 Å². The first-order valence-electron chi connectivity index (χ1n) is 6.72. The Kier molecular flexibility index (Phi) is 4.61. The van der Waals surface area contributed by atoms with Crippen LogP contribution >= 0.6 is 11.6 Å². The Morgan fingerprint density at radius 2 is 2.00 bits per heavy atom. The molecule has 0 amide bonds. The Morgan fingerprint density at radius 1 is 1.33 bits per heavy atom. The third-order valence-corrected chi connectivity index (χ3v) is 5.90. The van der Waals surface area contributed by atoms with Gasteiger partial charge in [-0.3, -0.25) is 0 Å². The summed E-state index contributed by atoms with van der Waals surface area (Å²) >= 11 is 5.50. The largest absolute Gasteiger partial charge is 0.246 e. The molecule has 1 aliphatic heterocycles. The van der Waals surface area contributed by atoms with Crippen molar-refractivity contribution in [3.63, 3.8) is 0 Å². The molecule has 0 unspecified atom stereocenters. The van der Waals surface area contributed by atoms with Gasteiger partial charge in [-0.05, 0) is 30.4 Å². The van der Waals surface area contributed by atoms with E-state index in [2.05, 4.69) is 0 Å². The van der Waals surface area contributed by atoms with E-state index in [0.29, 0.717) is 13.1 Å². The highest BCUT2D eigenvalue weighted by Crippen LogP contribution is 2.33. The summed E-state index contributed by atoms with van der Waals surface area (Å²) in [5.41, 5.74) is -0.564. The van der Waals surface area contributed by atoms with Gasteiger partial charge in [0.1, 0.15) is 10.7 Å². The predicted molar refractivity (Wildman–Crippen MR) is 77.7 cm³/mol. The van der Waals surface area contributed by atoms with E-state index in [1.165, 1.54) is 4.31 Å². The quantitative estimate of drug-likeness (QED) is 0.791. The zero-order chi connectivity index (χ0) is 15.8. The molecule has 0 radical (unpaired) electrons. The fourth-order valence-corrected chi connectivity index (χ4v) is 4.61. The van der Waals surface area contributed by atoms with Crippen molar-refractivity contribution in [3.05, 3.63) is 29.3 Å².